The third kappa shape index (κ3) is 4.54. The van der Waals surface area contributed by atoms with Crippen LogP contribution in [0.4, 0.5) is 5.69 Å². The smallest absolute Gasteiger partial charge is 0.339 e. The van der Waals surface area contributed by atoms with Gasteiger partial charge in [0.05, 0.1) is 5.56 Å². The number of ether oxygens (including phenoxy) is 1. The fourth-order valence-electron chi connectivity index (χ4n) is 4.46. The molecule has 4 aromatic rings. The van der Waals surface area contributed by atoms with Crippen LogP contribution < -0.4 is 5.32 Å². The van der Waals surface area contributed by atoms with Gasteiger partial charge in [-0.05, 0) is 54.1 Å². The van der Waals surface area contributed by atoms with E-state index in [9.17, 15) is 24.0 Å². The molecule has 0 spiro atoms. The van der Waals surface area contributed by atoms with Gasteiger partial charge in [0.2, 0.25) is 5.78 Å². The van der Waals surface area contributed by atoms with Crippen LogP contribution in [0.5, 0.6) is 0 Å². The molecular weight excluding hydrogens is 470 g/mol. The van der Waals surface area contributed by atoms with Crippen LogP contribution in [0, 0.1) is 5.92 Å². The summed E-state index contributed by atoms with van der Waals surface area (Å²) in [5, 5.41) is 4.19. The van der Waals surface area contributed by atoms with Gasteiger partial charge in [0, 0.05) is 22.4 Å². The SMILES string of the molecule is CC(=O)c1ccc(NC(=O)C(=O)[C@H](C(=O)c2ccc3ccccc3c2)[C@H]2OC(=O)c3ccccc32)cc1. The Balaban J connectivity index is 1.51. The number of cyclic esters (lactones) is 1. The summed E-state index contributed by atoms with van der Waals surface area (Å²) >= 11 is 0. The molecule has 0 aromatic heterocycles. The number of Topliss-reactive ketones (excluding diaryl/α,β-unsaturated/α-hetero) is 3. The van der Waals surface area contributed by atoms with Crippen molar-refractivity contribution in [3.05, 3.63) is 113 Å². The molecule has 7 heteroatoms. The summed E-state index contributed by atoms with van der Waals surface area (Å²) in [6, 6.07) is 25.0. The number of hydrogen-bond donors (Lipinski definition) is 1. The van der Waals surface area contributed by atoms with Crippen molar-refractivity contribution in [1.82, 2.24) is 0 Å². The van der Waals surface area contributed by atoms with Gasteiger partial charge < -0.3 is 10.1 Å². The molecule has 1 N–H and O–H groups in total. The maximum Gasteiger partial charge on any atom is 0.339 e. The van der Waals surface area contributed by atoms with Crippen molar-refractivity contribution in [2.45, 2.75) is 13.0 Å². The van der Waals surface area contributed by atoms with Gasteiger partial charge in [0.1, 0.15) is 12.0 Å². The van der Waals surface area contributed by atoms with Crippen LogP contribution in [0.2, 0.25) is 0 Å². The van der Waals surface area contributed by atoms with Gasteiger partial charge in [-0.2, -0.15) is 0 Å². The molecule has 4 aromatic carbocycles. The average Bonchev–Trinajstić information content (AvgIpc) is 3.24. The molecule has 0 aliphatic carbocycles. The Labute approximate surface area is 212 Å². The van der Waals surface area contributed by atoms with Crippen molar-refractivity contribution in [3.8, 4) is 0 Å². The second-order valence-corrected chi connectivity index (χ2v) is 8.77. The fourth-order valence-corrected chi connectivity index (χ4v) is 4.46. The first-order chi connectivity index (χ1) is 17.8. The van der Waals surface area contributed by atoms with E-state index in [0.717, 1.165) is 10.8 Å². The summed E-state index contributed by atoms with van der Waals surface area (Å²) in [7, 11) is 0. The Hall–Kier alpha value is -4.91. The number of ketones is 3. The van der Waals surface area contributed by atoms with Crippen LogP contribution in [0.1, 0.15) is 49.7 Å². The van der Waals surface area contributed by atoms with Crippen LogP contribution in [-0.4, -0.2) is 29.2 Å². The topological polar surface area (TPSA) is 107 Å². The molecule has 1 aliphatic rings. The maximum absolute atomic E-state index is 13.8. The minimum Gasteiger partial charge on any atom is -0.453 e. The first-order valence-corrected chi connectivity index (χ1v) is 11.6. The summed E-state index contributed by atoms with van der Waals surface area (Å²) in [4.78, 5) is 64.4. The highest BCUT2D eigenvalue weighted by Crippen LogP contribution is 2.38. The number of rotatable bonds is 7. The Morgan fingerprint density at radius 3 is 2.16 bits per heavy atom. The van der Waals surface area contributed by atoms with Gasteiger partial charge in [0.15, 0.2) is 11.6 Å². The number of esters is 1. The zero-order valence-corrected chi connectivity index (χ0v) is 19.8. The highest BCUT2D eigenvalue weighted by atomic mass is 16.5. The quantitative estimate of drug-likeness (QED) is 0.169. The summed E-state index contributed by atoms with van der Waals surface area (Å²) < 4.78 is 5.49. The molecule has 0 radical (unpaired) electrons. The molecule has 0 bridgehead atoms. The van der Waals surface area contributed by atoms with Gasteiger partial charge >= 0.3 is 5.97 Å². The van der Waals surface area contributed by atoms with E-state index in [0.29, 0.717) is 11.1 Å². The molecule has 5 rings (SSSR count). The number of carbonyl (C=O) groups is 5. The molecule has 0 fully saturated rings. The molecule has 37 heavy (non-hydrogen) atoms. The summed E-state index contributed by atoms with van der Waals surface area (Å²) in [6.07, 6.45) is -1.25. The monoisotopic (exact) mass is 491 g/mol. The zero-order chi connectivity index (χ0) is 26.1. The molecule has 0 saturated heterocycles. The van der Waals surface area contributed by atoms with E-state index in [1.165, 1.54) is 31.2 Å². The van der Waals surface area contributed by atoms with Crippen LogP contribution in [0.3, 0.4) is 0 Å². The first kappa shape index (κ1) is 23.8. The van der Waals surface area contributed by atoms with E-state index in [-0.39, 0.29) is 22.6 Å². The van der Waals surface area contributed by atoms with Crippen LogP contribution in [-0.2, 0) is 14.3 Å². The molecule has 7 nitrogen and oxygen atoms in total. The summed E-state index contributed by atoms with van der Waals surface area (Å²) in [5.74, 6) is -5.10. The molecule has 1 aliphatic heterocycles. The molecule has 1 amide bonds. The van der Waals surface area contributed by atoms with Gasteiger partial charge in [0.25, 0.3) is 5.91 Å². The average molecular weight is 491 g/mol. The van der Waals surface area contributed by atoms with Gasteiger partial charge in [-0.1, -0.05) is 54.6 Å². The predicted octanol–water partition coefficient (Wildman–Crippen LogP) is 4.96. The lowest BCUT2D eigenvalue weighted by Gasteiger charge is -2.21. The van der Waals surface area contributed by atoms with Crippen LogP contribution in [0.15, 0.2) is 91.0 Å². The summed E-state index contributed by atoms with van der Waals surface area (Å²) in [6.45, 7) is 1.42. The molecule has 2 atom stereocenters. The predicted molar refractivity (Wildman–Crippen MR) is 136 cm³/mol. The Bertz CT molecular complexity index is 1590. The second kappa shape index (κ2) is 9.62. The maximum atomic E-state index is 13.8. The first-order valence-electron chi connectivity index (χ1n) is 11.6. The lowest BCUT2D eigenvalue weighted by molar-refractivity contribution is -0.138. The number of hydrogen-bond acceptors (Lipinski definition) is 6. The third-order valence-electron chi connectivity index (χ3n) is 6.40. The highest BCUT2D eigenvalue weighted by molar-refractivity contribution is 6.45. The van der Waals surface area contributed by atoms with Crippen molar-refractivity contribution in [1.29, 1.82) is 0 Å². The Morgan fingerprint density at radius 2 is 1.43 bits per heavy atom. The van der Waals surface area contributed by atoms with Crippen LogP contribution >= 0.6 is 0 Å². The largest absolute Gasteiger partial charge is 0.453 e. The van der Waals surface area contributed by atoms with Crippen molar-refractivity contribution in [3.63, 3.8) is 0 Å². The molecule has 1 heterocycles. The van der Waals surface area contributed by atoms with E-state index in [1.807, 2.05) is 24.3 Å². The highest BCUT2D eigenvalue weighted by Gasteiger charge is 2.46. The standard InChI is InChI=1S/C30H21NO6/c1-17(32)18-12-14-22(15-13-18)31-29(35)27(34)25(28-23-8-4-5-9-24(23)30(36)37-28)26(33)21-11-10-19-6-2-3-7-20(19)16-21/h2-16,25,28H,1H3,(H,31,35)/t25-,28-/m0/s1. The number of carbonyl (C=O) groups excluding carboxylic acids is 5. The number of benzene rings is 4. The second-order valence-electron chi connectivity index (χ2n) is 8.77. The van der Waals surface area contributed by atoms with Gasteiger partial charge in [-0.3, -0.25) is 19.2 Å². The van der Waals surface area contributed by atoms with E-state index in [4.69, 9.17) is 4.74 Å². The minimum absolute atomic E-state index is 0.142. The van der Waals surface area contributed by atoms with E-state index in [2.05, 4.69) is 5.32 Å². The Morgan fingerprint density at radius 1 is 0.784 bits per heavy atom. The molecule has 0 unspecified atom stereocenters. The van der Waals surface area contributed by atoms with Crippen molar-refractivity contribution in [2.24, 2.45) is 5.92 Å². The lowest BCUT2D eigenvalue weighted by atomic mass is 9.84. The minimum atomic E-state index is -1.59. The fraction of sp³-hybridized carbons (Fsp3) is 0.100. The lowest BCUT2D eigenvalue weighted by Crippen LogP contribution is -2.38. The number of fused-ring (bicyclic) bond motifs is 2. The van der Waals surface area contributed by atoms with E-state index in [1.54, 1.807) is 42.5 Å². The Kier molecular flexibility index (Phi) is 6.19. The van der Waals surface area contributed by atoms with Gasteiger partial charge in [-0.15, -0.1) is 0 Å². The van der Waals surface area contributed by atoms with Crippen LogP contribution in [0.25, 0.3) is 10.8 Å². The normalized spacial score (nSPS) is 14.9. The number of nitrogens with one attached hydrogen (secondary N) is 1. The zero-order valence-electron chi connectivity index (χ0n) is 19.8. The van der Waals surface area contributed by atoms with E-state index < -0.39 is 35.5 Å². The van der Waals surface area contributed by atoms with Gasteiger partial charge in [-0.25, -0.2) is 4.79 Å². The molecular formula is C30H21NO6. The molecule has 0 saturated carbocycles. The number of anilines is 1. The van der Waals surface area contributed by atoms with Crippen molar-refractivity contribution in [2.75, 3.05) is 5.32 Å². The van der Waals surface area contributed by atoms with Crippen molar-refractivity contribution >= 4 is 45.7 Å². The number of amides is 1. The molecule has 182 valence electrons. The van der Waals surface area contributed by atoms with Crippen molar-refractivity contribution < 1.29 is 28.7 Å². The third-order valence-corrected chi connectivity index (χ3v) is 6.40. The van der Waals surface area contributed by atoms with E-state index >= 15 is 0 Å². The summed E-state index contributed by atoms with van der Waals surface area (Å²) in [5.41, 5.74) is 1.57.